The molecule has 2 heteroatoms. The first-order chi connectivity index (χ1) is 9.06. The average molecular weight is 260 g/mol. The van der Waals surface area contributed by atoms with Crippen LogP contribution in [0.1, 0.15) is 52.0 Å². The fourth-order valence-electron chi connectivity index (χ4n) is 2.79. The van der Waals surface area contributed by atoms with Crippen LogP contribution in [0.4, 0.5) is 5.69 Å². The number of nitrogens with one attached hydrogen (secondary N) is 1. The lowest BCUT2D eigenvalue weighted by Gasteiger charge is -2.32. The Kier molecular flexibility index (Phi) is 4.87. The van der Waals surface area contributed by atoms with Gasteiger partial charge in [0.25, 0.3) is 0 Å². The van der Waals surface area contributed by atoms with E-state index in [9.17, 15) is 0 Å². The van der Waals surface area contributed by atoms with Crippen molar-refractivity contribution in [2.45, 2.75) is 58.5 Å². The highest BCUT2D eigenvalue weighted by Gasteiger charge is 2.16. The van der Waals surface area contributed by atoms with E-state index < -0.39 is 0 Å². The maximum absolute atomic E-state index is 3.65. The molecule has 106 valence electrons. The zero-order valence-electron chi connectivity index (χ0n) is 12.8. The average Bonchev–Trinajstić information content (AvgIpc) is 2.37. The van der Waals surface area contributed by atoms with Crippen LogP contribution in [0.25, 0.3) is 0 Å². The Balaban J connectivity index is 2.06. The van der Waals surface area contributed by atoms with Crippen LogP contribution in [-0.2, 0) is 0 Å². The molecule has 0 aromatic heterocycles. The lowest BCUT2D eigenvalue weighted by atomic mass is 10.0. The summed E-state index contributed by atoms with van der Waals surface area (Å²) in [6.07, 6.45) is 2.44. The summed E-state index contributed by atoms with van der Waals surface area (Å²) in [7, 11) is 0. The van der Waals surface area contributed by atoms with Gasteiger partial charge >= 0.3 is 0 Å². The number of hydrogen-bond donors (Lipinski definition) is 1. The van der Waals surface area contributed by atoms with Crippen LogP contribution in [0.5, 0.6) is 0 Å². The monoisotopic (exact) mass is 260 g/mol. The van der Waals surface area contributed by atoms with Crippen LogP contribution in [0, 0.1) is 0 Å². The summed E-state index contributed by atoms with van der Waals surface area (Å²) in [5.74, 6) is 0.616. The molecule has 2 nitrogen and oxygen atoms in total. The summed E-state index contributed by atoms with van der Waals surface area (Å²) < 4.78 is 0. The molecule has 1 N–H and O–H groups in total. The third-order valence-corrected chi connectivity index (χ3v) is 4.16. The molecule has 0 saturated carbocycles. The van der Waals surface area contributed by atoms with E-state index >= 15 is 0 Å². The zero-order valence-corrected chi connectivity index (χ0v) is 12.8. The van der Waals surface area contributed by atoms with Crippen molar-refractivity contribution >= 4 is 5.69 Å². The lowest BCUT2D eigenvalue weighted by Crippen LogP contribution is -2.43. The largest absolute Gasteiger partial charge is 0.371 e. The molecule has 2 unspecified atom stereocenters. The van der Waals surface area contributed by atoms with Gasteiger partial charge in [-0.3, -0.25) is 0 Å². The fourth-order valence-corrected chi connectivity index (χ4v) is 2.79. The van der Waals surface area contributed by atoms with E-state index in [0.717, 1.165) is 13.1 Å². The van der Waals surface area contributed by atoms with Crippen LogP contribution < -0.4 is 10.2 Å². The molecule has 0 radical (unpaired) electrons. The van der Waals surface area contributed by atoms with Crippen molar-refractivity contribution in [1.82, 2.24) is 5.32 Å². The summed E-state index contributed by atoms with van der Waals surface area (Å²) in [6, 6.07) is 10.4. The molecule has 1 saturated heterocycles. The molecule has 2 rings (SSSR count). The topological polar surface area (TPSA) is 15.3 Å². The van der Waals surface area contributed by atoms with Gasteiger partial charge in [-0.2, -0.15) is 0 Å². The molecule has 0 amide bonds. The van der Waals surface area contributed by atoms with Crippen LogP contribution >= 0.6 is 0 Å². The smallest absolute Gasteiger partial charge is 0.0366 e. The van der Waals surface area contributed by atoms with Gasteiger partial charge in [0.2, 0.25) is 0 Å². The van der Waals surface area contributed by atoms with Gasteiger partial charge < -0.3 is 10.2 Å². The number of rotatable bonds is 2. The van der Waals surface area contributed by atoms with Gasteiger partial charge in [-0.25, -0.2) is 0 Å². The maximum Gasteiger partial charge on any atom is 0.0366 e. The van der Waals surface area contributed by atoms with Gasteiger partial charge in [-0.1, -0.05) is 26.0 Å². The molecule has 1 aromatic rings. The molecule has 0 bridgehead atoms. The Hall–Kier alpha value is -1.02. The minimum absolute atomic E-state index is 0.616. The van der Waals surface area contributed by atoms with Crippen molar-refractivity contribution in [1.29, 1.82) is 0 Å². The second-order valence-electron chi connectivity index (χ2n) is 6.28. The van der Waals surface area contributed by atoms with Crippen LogP contribution in [0.2, 0.25) is 0 Å². The van der Waals surface area contributed by atoms with Gasteiger partial charge in [0, 0.05) is 30.9 Å². The third-order valence-electron chi connectivity index (χ3n) is 4.16. The van der Waals surface area contributed by atoms with E-state index in [-0.39, 0.29) is 0 Å². The number of nitrogens with zero attached hydrogens (tertiary/aromatic N) is 1. The second kappa shape index (κ2) is 6.42. The van der Waals surface area contributed by atoms with Crippen molar-refractivity contribution in [3.8, 4) is 0 Å². The van der Waals surface area contributed by atoms with Crippen LogP contribution in [0.3, 0.4) is 0 Å². The molecular weight excluding hydrogens is 232 g/mol. The number of hydrogen-bond acceptors (Lipinski definition) is 2. The normalized spacial score (nSPS) is 25.2. The van der Waals surface area contributed by atoms with Gasteiger partial charge in [0.15, 0.2) is 0 Å². The van der Waals surface area contributed by atoms with Crippen molar-refractivity contribution in [2.24, 2.45) is 0 Å². The first-order valence-electron chi connectivity index (χ1n) is 7.67. The molecule has 1 heterocycles. The first-order valence-corrected chi connectivity index (χ1v) is 7.67. The molecule has 1 aromatic carbocycles. The molecule has 1 aliphatic heterocycles. The highest BCUT2D eigenvalue weighted by Crippen LogP contribution is 2.21. The van der Waals surface area contributed by atoms with Gasteiger partial charge in [0.05, 0.1) is 0 Å². The quantitative estimate of drug-likeness (QED) is 0.870. The minimum Gasteiger partial charge on any atom is -0.371 e. The molecular formula is C17H28N2. The van der Waals surface area contributed by atoms with Crippen molar-refractivity contribution in [3.05, 3.63) is 29.8 Å². The Morgan fingerprint density at radius 3 is 2.00 bits per heavy atom. The summed E-state index contributed by atoms with van der Waals surface area (Å²) in [5.41, 5.74) is 2.81. The maximum atomic E-state index is 3.65. The van der Waals surface area contributed by atoms with E-state index in [1.807, 2.05) is 0 Å². The molecule has 1 aliphatic rings. The molecule has 1 fully saturated rings. The molecule has 19 heavy (non-hydrogen) atoms. The van der Waals surface area contributed by atoms with Crippen molar-refractivity contribution < 1.29 is 0 Å². The summed E-state index contributed by atoms with van der Waals surface area (Å²) in [6.45, 7) is 11.4. The first kappa shape index (κ1) is 14.4. The SMILES string of the molecule is CC1CCN(c2ccc(C(C)C)cc2)CCC(C)N1. The Morgan fingerprint density at radius 2 is 1.53 bits per heavy atom. The summed E-state index contributed by atoms with van der Waals surface area (Å²) in [5, 5.41) is 3.65. The Labute approximate surface area is 118 Å². The van der Waals surface area contributed by atoms with Crippen LogP contribution in [0.15, 0.2) is 24.3 Å². The third kappa shape index (κ3) is 3.97. The zero-order chi connectivity index (χ0) is 13.8. The molecule has 0 spiro atoms. The highest BCUT2D eigenvalue weighted by molar-refractivity contribution is 5.48. The lowest BCUT2D eigenvalue weighted by molar-refractivity contribution is 0.404. The standard InChI is InChI=1S/C17H28N2/c1-13(2)16-5-7-17(8-6-16)19-11-9-14(3)18-15(4)10-12-19/h5-8,13-15,18H,9-12H2,1-4H3. The second-order valence-corrected chi connectivity index (χ2v) is 6.28. The van der Waals surface area contributed by atoms with Crippen molar-refractivity contribution in [3.63, 3.8) is 0 Å². The molecule has 2 atom stereocenters. The van der Waals surface area contributed by atoms with E-state index in [4.69, 9.17) is 0 Å². The Morgan fingerprint density at radius 1 is 1.00 bits per heavy atom. The fraction of sp³-hybridized carbons (Fsp3) is 0.647. The number of benzene rings is 1. The van der Waals surface area contributed by atoms with E-state index in [0.29, 0.717) is 18.0 Å². The van der Waals surface area contributed by atoms with Gasteiger partial charge in [0.1, 0.15) is 0 Å². The Bertz CT molecular complexity index is 371. The van der Waals surface area contributed by atoms with E-state index in [1.54, 1.807) is 0 Å². The summed E-state index contributed by atoms with van der Waals surface area (Å²) >= 11 is 0. The van der Waals surface area contributed by atoms with Crippen molar-refractivity contribution in [2.75, 3.05) is 18.0 Å². The van der Waals surface area contributed by atoms with E-state index in [1.165, 1.54) is 24.1 Å². The van der Waals surface area contributed by atoms with Crippen LogP contribution in [-0.4, -0.2) is 25.2 Å². The highest BCUT2D eigenvalue weighted by atomic mass is 15.1. The minimum atomic E-state index is 0.616. The van der Waals surface area contributed by atoms with Gasteiger partial charge in [-0.05, 0) is 50.3 Å². The number of anilines is 1. The predicted molar refractivity (Wildman–Crippen MR) is 84.0 cm³/mol. The van der Waals surface area contributed by atoms with E-state index in [2.05, 4.69) is 62.2 Å². The molecule has 0 aliphatic carbocycles. The van der Waals surface area contributed by atoms with Gasteiger partial charge in [-0.15, -0.1) is 0 Å². The summed E-state index contributed by atoms with van der Waals surface area (Å²) in [4.78, 5) is 2.54. The predicted octanol–water partition coefficient (Wildman–Crippen LogP) is 3.78.